The van der Waals surface area contributed by atoms with Gasteiger partial charge in [0.05, 0.1) is 13.2 Å². The molecule has 0 N–H and O–H groups in total. The molecule has 0 amide bonds. The summed E-state index contributed by atoms with van der Waals surface area (Å²) in [4.78, 5) is 0. The molecular weight excluding hydrogens is 224 g/mol. The summed E-state index contributed by atoms with van der Waals surface area (Å²) in [7, 11) is 0. The lowest BCUT2D eigenvalue weighted by molar-refractivity contribution is -0.253. The summed E-state index contributed by atoms with van der Waals surface area (Å²) in [6, 6.07) is 0. The Labute approximate surface area is 112 Å². The number of rotatable bonds is 5. The van der Waals surface area contributed by atoms with E-state index in [9.17, 15) is 0 Å². The van der Waals surface area contributed by atoms with E-state index in [0.717, 1.165) is 19.6 Å². The Kier molecular flexibility index (Phi) is 5.25. The fourth-order valence-corrected chi connectivity index (χ4v) is 3.02. The summed E-state index contributed by atoms with van der Waals surface area (Å²) < 4.78 is 12.1. The average molecular weight is 252 g/mol. The third-order valence-electron chi connectivity index (χ3n) is 4.61. The van der Waals surface area contributed by atoms with Crippen LogP contribution < -0.4 is 0 Å². The highest BCUT2D eigenvalue weighted by Crippen LogP contribution is 2.37. The van der Waals surface area contributed by atoms with E-state index in [1.807, 2.05) is 0 Å². The molecule has 1 aliphatic heterocycles. The summed E-state index contributed by atoms with van der Waals surface area (Å²) >= 11 is 0. The molecule has 0 unspecified atom stereocenters. The zero-order valence-corrected chi connectivity index (χ0v) is 12.0. The molecule has 0 spiro atoms. The predicted octanol–water partition coefficient (Wildman–Crippen LogP) is 4.30. The monoisotopic (exact) mass is 252 g/mol. The van der Waals surface area contributed by atoms with Gasteiger partial charge in [-0.2, -0.15) is 0 Å². The van der Waals surface area contributed by atoms with Crippen molar-refractivity contribution in [3.05, 3.63) is 12.2 Å². The minimum absolute atomic E-state index is 0.0521. The second-order valence-corrected chi connectivity index (χ2v) is 5.99. The predicted molar refractivity (Wildman–Crippen MR) is 74.4 cm³/mol. The van der Waals surface area contributed by atoms with Crippen LogP contribution in [0.4, 0.5) is 0 Å². The summed E-state index contributed by atoms with van der Waals surface area (Å²) in [6.45, 7) is 6.32. The zero-order chi connectivity index (χ0) is 12.8. The maximum atomic E-state index is 6.07. The minimum atomic E-state index is 0.0521. The summed E-state index contributed by atoms with van der Waals surface area (Å²) in [5.41, 5.74) is 0.289. The van der Waals surface area contributed by atoms with Crippen LogP contribution >= 0.6 is 0 Å². The molecule has 0 aromatic rings. The lowest BCUT2D eigenvalue weighted by atomic mass is 9.81. The van der Waals surface area contributed by atoms with Crippen molar-refractivity contribution in [3.8, 4) is 0 Å². The Balaban J connectivity index is 1.83. The van der Waals surface area contributed by atoms with Gasteiger partial charge in [-0.05, 0) is 32.1 Å². The maximum absolute atomic E-state index is 6.07. The summed E-state index contributed by atoms with van der Waals surface area (Å²) in [5, 5.41) is 0. The van der Waals surface area contributed by atoms with Crippen LogP contribution in [0.2, 0.25) is 0 Å². The first kappa shape index (κ1) is 14.1. The van der Waals surface area contributed by atoms with Crippen molar-refractivity contribution in [2.75, 3.05) is 13.2 Å². The molecule has 0 bridgehead atoms. The molecule has 1 atom stereocenters. The molecule has 0 radical (unpaired) electrons. The van der Waals surface area contributed by atoms with E-state index in [0.29, 0.717) is 5.92 Å². The van der Waals surface area contributed by atoms with Gasteiger partial charge in [0.2, 0.25) is 0 Å². The maximum Gasteiger partial charge on any atom is 0.160 e. The Morgan fingerprint density at radius 3 is 2.50 bits per heavy atom. The van der Waals surface area contributed by atoms with Crippen molar-refractivity contribution >= 4 is 0 Å². The molecule has 18 heavy (non-hydrogen) atoms. The van der Waals surface area contributed by atoms with Gasteiger partial charge in [-0.1, -0.05) is 38.8 Å². The lowest BCUT2D eigenvalue weighted by Gasteiger charge is -2.42. The molecule has 1 saturated heterocycles. The van der Waals surface area contributed by atoms with E-state index in [1.165, 1.54) is 38.5 Å². The van der Waals surface area contributed by atoms with Crippen LogP contribution in [-0.4, -0.2) is 19.5 Å². The van der Waals surface area contributed by atoms with Crippen LogP contribution in [0.25, 0.3) is 0 Å². The number of unbranched alkanes of at least 4 members (excludes halogenated alkanes) is 1. The van der Waals surface area contributed by atoms with Crippen molar-refractivity contribution in [1.82, 2.24) is 0 Å². The van der Waals surface area contributed by atoms with E-state index in [2.05, 4.69) is 26.0 Å². The van der Waals surface area contributed by atoms with Gasteiger partial charge >= 0.3 is 0 Å². The van der Waals surface area contributed by atoms with Crippen LogP contribution in [0.15, 0.2) is 12.2 Å². The van der Waals surface area contributed by atoms with E-state index < -0.39 is 0 Å². The van der Waals surface area contributed by atoms with Gasteiger partial charge < -0.3 is 9.47 Å². The van der Waals surface area contributed by atoms with Crippen LogP contribution in [0, 0.1) is 11.3 Å². The Morgan fingerprint density at radius 2 is 1.94 bits per heavy atom. The van der Waals surface area contributed by atoms with E-state index >= 15 is 0 Å². The topological polar surface area (TPSA) is 18.5 Å². The van der Waals surface area contributed by atoms with E-state index in [4.69, 9.17) is 9.47 Å². The molecule has 0 aromatic heterocycles. The Hall–Kier alpha value is -0.340. The molecular formula is C16H28O2. The second-order valence-electron chi connectivity index (χ2n) is 5.99. The molecule has 2 nitrogen and oxygen atoms in total. The highest BCUT2D eigenvalue weighted by atomic mass is 16.7. The highest BCUT2D eigenvalue weighted by molar-refractivity contribution is 4.92. The molecule has 1 aliphatic carbocycles. The average Bonchev–Trinajstić information content (AvgIpc) is 2.47. The first-order chi connectivity index (χ1) is 8.79. The smallest absolute Gasteiger partial charge is 0.160 e. The second kappa shape index (κ2) is 6.72. The third kappa shape index (κ3) is 3.36. The van der Waals surface area contributed by atoms with Crippen LogP contribution in [0.1, 0.15) is 58.8 Å². The fraction of sp³-hybridized carbons (Fsp3) is 0.875. The molecule has 104 valence electrons. The number of hydrogen-bond donors (Lipinski definition) is 0. The van der Waals surface area contributed by atoms with Crippen LogP contribution in [-0.2, 0) is 9.47 Å². The first-order valence-electron chi connectivity index (χ1n) is 7.68. The lowest BCUT2D eigenvalue weighted by Crippen LogP contribution is -2.44. The van der Waals surface area contributed by atoms with Gasteiger partial charge in [-0.15, -0.1) is 0 Å². The minimum Gasteiger partial charge on any atom is -0.352 e. The molecule has 2 rings (SSSR count). The third-order valence-corrected chi connectivity index (χ3v) is 4.61. The first-order valence-corrected chi connectivity index (χ1v) is 7.68. The van der Waals surface area contributed by atoms with Gasteiger partial charge in [0.1, 0.15) is 0 Å². The van der Waals surface area contributed by atoms with E-state index in [-0.39, 0.29) is 11.7 Å². The number of hydrogen-bond acceptors (Lipinski definition) is 2. The van der Waals surface area contributed by atoms with Gasteiger partial charge in [0.15, 0.2) is 6.29 Å². The number of allylic oxidation sites excluding steroid dienone is 2. The Morgan fingerprint density at radius 1 is 1.17 bits per heavy atom. The van der Waals surface area contributed by atoms with Gasteiger partial charge in [-0.3, -0.25) is 0 Å². The molecule has 0 saturated carbocycles. The number of ether oxygens (including phenoxy) is 2. The summed E-state index contributed by atoms with van der Waals surface area (Å²) in [6.07, 6.45) is 13.1. The molecule has 0 aromatic carbocycles. The van der Waals surface area contributed by atoms with Gasteiger partial charge in [-0.25, -0.2) is 0 Å². The van der Waals surface area contributed by atoms with Crippen molar-refractivity contribution in [1.29, 1.82) is 0 Å². The quantitative estimate of drug-likeness (QED) is 0.679. The van der Waals surface area contributed by atoms with Crippen molar-refractivity contribution in [2.45, 2.75) is 65.1 Å². The SMILES string of the molecule is CCCCC1(CC)COC([C@H]2CC=CCC2)OC1. The Bertz CT molecular complexity index is 264. The molecule has 1 fully saturated rings. The van der Waals surface area contributed by atoms with Crippen LogP contribution in [0.3, 0.4) is 0 Å². The normalized spacial score (nSPS) is 36.8. The van der Waals surface area contributed by atoms with Gasteiger partial charge in [0.25, 0.3) is 0 Å². The van der Waals surface area contributed by atoms with Crippen molar-refractivity contribution in [2.24, 2.45) is 11.3 Å². The molecule has 2 heteroatoms. The van der Waals surface area contributed by atoms with E-state index in [1.54, 1.807) is 0 Å². The van der Waals surface area contributed by atoms with Crippen LogP contribution in [0.5, 0.6) is 0 Å². The molecule has 2 aliphatic rings. The van der Waals surface area contributed by atoms with Crippen molar-refractivity contribution < 1.29 is 9.47 Å². The summed E-state index contributed by atoms with van der Waals surface area (Å²) in [5.74, 6) is 0.580. The largest absolute Gasteiger partial charge is 0.352 e. The van der Waals surface area contributed by atoms with Crippen molar-refractivity contribution in [3.63, 3.8) is 0 Å². The molecule has 1 heterocycles. The highest BCUT2D eigenvalue weighted by Gasteiger charge is 2.37. The fourth-order valence-electron chi connectivity index (χ4n) is 3.02. The zero-order valence-electron chi connectivity index (χ0n) is 12.0. The van der Waals surface area contributed by atoms with Gasteiger partial charge in [0, 0.05) is 11.3 Å². The standard InChI is InChI=1S/C16H28O2/c1-3-5-11-16(4-2)12-17-15(18-13-16)14-9-7-6-8-10-14/h6-7,14-15H,3-5,8-13H2,1-2H3/t14-,15?,16?/m0/s1.